The molecule has 3 rings (SSSR count). The van der Waals surface area contributed by atoms with Crippen LogP contribution in [0.5, 0.6) is 0 Å². The van der Waals surface area contributed by atoms with Crippen molar-refractivity contribution in [3.63, 3.8) is 0 Å². The van der Waals surface area contributed by atoms with E-state index in [1.165, 1.54) is 12.1 Å². The normalized spacial score (nSPS) is 10.7. The van der Waals surface area contributed by atoms with Gasteiger partial charge in [0.05, 0.1) is 11.9 Å². The molecule has 0 spiro atoms. The predicted octanol–water partition coefficient (Wildman–Crippen LogP) is 3.15. The molecule has 24 heavy (non-hydrogen) atoms. The summed E-state index contributed by atoms with van der Waals surface area (Å²) in [5.41, 5.74) is 2.08. The number of nitrogens with one attached hydrogen (secondary N) is 2. The van der Waals surface area contributed by atoms with E-state index in [1.807, 2.05) is 14.0 Å². The van der Waals surface area contributed by atoms with E-state index in [1.54, 1.807) is 23.3 Å². The molecule has 0 saturated carbocycles. The SMILES string of the molecule is Cc1cnc(Nc2cnn(C)c2)nc1NCc1cc(F)cc(F)c1. The van der Waals surface area contributed by atoms with E-state index < -0.39 is 11.6 Å². The van der Waals surface area contributed by atoms with Crippen molar-refractivity contribution in [1.29, 1.82) is 0 Å². The maximum atomic E-state index is 13.2. The van der Waals surface area contributed by atoms with Gasteiger partial charge in [-0.05, 0) is 24.6 Å². The van der Waals surface area contributed by atoms with Crippen molar-refractivity contribution in [1.82, 2.24) is 19.7 Å². The van der Waals surface area contributed by atoms with Crippen molar-refractivity contribution in [2.75, 3.05) is 10.6 Å². The second kappa shape index (κ2) is 6.61. The quantitative estimate of drug-likeness (QED) is 0.752. The number of hydrogen-bond acceptors (Lipinski definition) is 5. The fourth-order valence-corrected chi connectivity index (χ4v) is 2.19. The Morgan fingerprint density at radius 1 is 1.12 bits per heavy atom. The Labute approximate surface area is 137 Å². The Bertz CT molecular complexity index is 841. The van der Waals surface area contributed by atoms with Gasteiger partial charge in [-0.1, -0.05) is 0 Å². The molecular weight excluding hydrogens is 314 g/mol. The van der Waals surface area contributed by atoms with Gasteiger partial charge >= 0.3 is 0 Å². The van der Waals surface area contributed by atoms with Gasteiger partial charge in [-0.15, -0.1) is 0 Å². The number of nitrogens with zero attached hydrogens (tertiary/aromatic N) is 4. The van der Waals surface area contributed by atoms with Crippen LogP contribution in [0.3, 0.4) is 0 Å². The van der Waals surface area contributed by atoms with Crippen LogP contribution in [0.1, 0.15) is 11.1 Å². The fraction of sp³-hybridized carbons (Fsp3) is 0.188. The first-order chi connectivity index (χ1) is 11.5. The average Bonchev–Trinajstić information content (AvgIpc) is 2.92. The van der Waals surface area contributed by atoms with Gasteiger partial charge < -0.3 is 10.6 Å². The molecule has 6 nitrogen and oxygen atoms in total. The first kappa shape index (κ1) is 15.9. The van der Waals surface area contributed by atoms with Gasteiger partial charge in [0, 0.05) is 37.6 Å². The Balaban J connectivity index is 1.74. The van der Waals surface area contributed by atoms with Gasteiger partial charge in [0.2, 0.25) is 5.95 Å². The largest absolute Gasteiger partial charge is 0.366 e. The van der Waals surface area contributed by atoms with Crippen molar-refractivity contribution in [3.05, 3.63) is 59.6 Å². The van der Waals surface area contributed by atoms with E-state index >= 15 is 0 Å². The molecule has 2 heterocycles. The standard InChI is InChI=1S/C16H16F2N6/c1-10-6-20-16(22-14-8-21-24(2)9-14)23-15(10)19-7-11-3-12(17)5-13(18)4-11/h3-6,8-9H,7H2,1-2H3,(H2,19,20,22,23). The zero-order chi connectivity index (χ0) is 17.1. The maximum absolute atomic E-state index is 13.2. The van der Waals surface area contributed by atoms with E-state index in [9.17, 15) is 8.78 Å². The minimum Gasteiger partial charge on any atom is -0.366 e. The summed E-state index contributed by atoms with van der Waals surface area (Å²) in [5, 5.41) is 10.2. The first-order valence-corrected chi connectivity index (χ1v) is 7.28. The van der Waals surface area contributed by atoms with Crippen molar-refractivity contribution in [2.24, 2.45) is 7.05 Å². The van der Waals surface area contributed by atoms with Gasteiger partial charge in [0.15, 0.2) is 0 Å². The third kappa shape index (κ3) is 3.83. The fourth-order valence-electron chi connectivity index (χ4n) is 2.19. The third-order valence-electron chi connectivity index (χ3n) is 3.32. The van der Waals surface area contributed by atoms with E-state index in [0.29, 0.717) is 17.3 Å². The van der Waals surface area contributed by atoms with Crippen LogP contribution in [0.4, 0.5) is 26.2 Å². The van der Waals surface area contributed by atoms with Crippen LogP contribution in [0.25, 0.3) is 0 Å². The van der Waals surface area contributed by atoms with Crippen molar-refractivity contribution < 1.29 is 8.78 Å². The molecule has 0 unspecified atom stereocenters. The number of aromatic nitrogens is 4. The number of hydrogen-bond donors (Lipinski definition) is 2. The highest BCUT2D eigenvalue weighted by molar-refractivity contribution is 5.54. The summed E-state index contributed by atoms with van der Waals surface area (Å²) < 4.78 is 28.1. The minimum atomic E-state index is -0.606. The molecule has 1 aromatic carbocycles. The van der Waals surface area contributed by atoms with Crippen LogP contribution in [0, 0.1) is 18.6 Å². The lowest BCUT2D eigenvalue weighted by molar-refractivity contribution is 0.580. The summed E-state index contributed by atoms with van der Waals surface area (Å²) in [7, 11) is 1.81. The molecule has 3 aromatic rings. The molecule has 0 aliphatic carbocycles. The van der Waals surface area contributed by atoms with E-state index in [0.717, 1.165) is 17.3 Å². The highest BCUT2D eigenvalue weighted by Gasteiger charge is 2.06. The molecule has 124 valence electrons. The molecule has 0 saturated heterocycles. The lowest BCUT2D eigenvalue weighted by atomic mass is 10.2. The number of aryl methyl sites for hydroxylation is 2. The van der Waals surface area contributed by atoms with Crippen molar-refractivity contribution in [2.45, 2.75) is 13.5 Å². The molecule has 2 aromatic heterocycles. The molecule has 0 atom stereocenters. The van der Waals surface area contributed by atoms with Gasteiger partial charge in [0.1, 0.15) is 17.5 Å². The summed E-state index contributed by atoms with van der Waals surface area (Å²) >= 11 is 0. The van der Waals surface area contributed by atoms with Crippen LogP contribution in [-0.4, -0.2) is 19.7 Å². The average molecular weight is 330 g/mol. The lowest BCUT2D eigenvalue weighted by Gasteiger charge is -2.10. The van der Waals surface area contributed by atoms with E-state index in [2.05, 4.69) is 25.7 Å². The predicted molar refractivity (Wildman–Crippen MR) is 86.9 cm³/mol. The lowest BCUT2D eigenvalue weighted by Crippen LogP contribution is -2.06. The minimum absolute atomic E-state index is 0.249. The topological polar surface area (TPSA) is 67.7 Å². The third-order valence-corrected chi connectivity index (χ3v) is 3.32. The molecule has 2 N–H and O–H groups in total. The molecule has 0 amide bonds. The Hall–Kier alpha value is -3.03. The summed E-state index contributed by atoms with van der Waals surface area (Å²) in [6, 6.07) is 3.40. The zero-order valence-electron chi connectivity index (χ0n) is 13.2. The Morgan fingerprint density at radius 2 is 1.88 bits per heavy atom. The smallest absolute Gasteiger partial charge is 0.229 e. The summed E-state index contributed by atoms with van der Waals surface area (Å²) in [5.74, 6) is -0.224. The second-order valence-corrected chi connectivity index (χ2v) is 5.38. The second-order valence-electron chi connectivity index (χ2n) is 5.38. The van der Waals surface area contributed by atoms with Crippen LogP contribution < -0.4 is 10.6 Å². The summed E-state index contributed by atoms with van der Waals surface area (Å²) in [4.78, 5) is 8.59. The zero-order valence-corrected chi connectivity index (χ0v) is 13.2. The number of benzene rings is 1. The number of halogens is 2. The maximum Gasteiger partial charge on any atom is 0.229 e. The van der Waals surface area contributed by atoms with E-state index in [4.69, 9.17) is 0 Å². The summed E-state index contributed by atoms with van der Waals surface area (Å²) in [6.45, 7) is 2.10. The molecule has 0 bridgehead atoms. The van der Waals surface area contributed by atoms with Gasteiger partial charge in [-0.3, -0.25) is 4.68 Å². The summed E-state index contributed by atoms with van der Waals surface area (Å²) in [6.07, 6.45) is 5.12. The Kier molecular flexibility index (Phi) is 4.37. The monoisotopic (exact) mass is 330 g/mol. The number of anilines is 3. The molecule has 0 aliphatic heterocycles. The highest BCUT2D eigenvalue weighted by atomic mass is 19.1. The van der Waals surface area contributed by atoms with Crippen molar-refractivity contribution >= 4 is 17.5 Å². The molecule has 0 fully saturated rings. The molecule has 8 heteroatoms. The molecular formula is C16H16F2N6. The Morgan fingerprint density at radius 3 is 2.54 bits per heavy atom. The van der Waals surface area contributed by atoms with Crippen LogP contribution in [-0.2, 0) is 13.6 Å². The van der Waals surface area contributed by atoms with Crippen LogP contribution >= 0.6 is 0 Å². The molecule has 0 aliphatic rings. The van der Waals surface area contributed by atoms with Gasteiger partial charge in [-0.2, -0.15) is 10.1 Å². The van der Waals surface area contributed by atoms with Gasteiger partial charge in [0.25, 0.3) is 0 Å². The van der Waals surface area contributed by atoms with E-state index in [-0.39, 0.29) is 6.54 Å². The number of rotatable bonds is 5. The van der Waals surface area contributed by atoms with Crippen molar-refractivity contribution in [3.8, 4) is 0 Å². The van der Waals surface area contributed by atoms with Gasteiger partial charge in [-0.25, -0.2) is 13.8 Å². The van der Waals surface area contributed by atoms with Crippen LogP contribution in [0.2, 0.25) is 0 Å². The first-order valence-electron chi connectivity index (χ1n) is 7.28. The highest BCUT2D eigenvalue weighted by Crippen LogP contribution is 2.17. The van der Waals surface area contributed by atoms with Crippen LogP contribution in [0.15, 0.2) is 36.8 Å². The molecule has 0 radical (unpaired) electrons.